The molecule has 7 nitrogen and oxygen atoms in total. The third-order valence-electron chi connectivity index (χ3n) is 4.76. The number of hydrogen-bond acceptors (Lipinski definition) is 5. The summed E-state index contributed by atoms with van der Waals surface area (Å²) in [5, 5.41) is 2.93. The van der Waals surface area contributed by atoms with Crippen molar-refractivity contribution in [2.24, 2.45) is 0 Å². The van der Waals surface area contributed by atoms with E-state index in [-0.39, 0.29) is 12.5 Å². The van der Waals surface area contributed by atoms with Gasteiger partial charge in [0.05, 0.1) is 38.7 Å². The van der Waals surface area contributed by atoms with E-state index in [0.717, 1.165) is 16.6 Å². The molecule has 0 spiro atoms. The highest BCUT2D eigenvalue weighted by Crippen LogP contribution is 2.38. The van der Waals surface area contributed by atoms with Crippen LogP contribution < -0.4 is 19.5 Å². The van der Waals surface area contributed by atoms with Crippen molar-refractivity contribution in [2.45, 2.75) is 26.9 Å². The Labute approximate surface area is 164 Å². The number of methoxy groups -OCH3 is 3. The van der Waals surface area contributed by atoms with Crippen LogP contribution in [0.25, 0.3) is 11.0 Å². The molecule has 0 aliphatic rings. The van der Waals surface area contributed by atoms with Gasteiger partial charge in [-0.1, -0.05) is 0 Å². The van der Waals surface area contributed by atoms with Crippen LogP contribution in [0.2, 0.25) is 0 Å². The Morgan fingerprint density at radius 1 is 1.00 bits per heavy atom. The second-order valence-corrected chi connectivity index (χ2v) is 6.61. The van der Waals surface area contributed by atoms with Crippen molar-refractivity contribution in [2.75, 3.05) is 21.3 Å². The zero-order valence-electron chi connectivity index (χ0n) is 16.8. The Morgan fingerprint density at radius 3 is 2.25 bits per heavy atom. The number of nitrogens with zero attached hydrogens (tertiary/aromatic N) is 2. The van der Waals surface area contributed by atoms with Gasteiger partial charge >= 0.3 is 0 Å². The summed E-state index contributed by atoms with van der Waals surface area (Å²) >= 11 is 0. The van der Waals surface area contributed by atoms with Gasteiger partial charge in [-0.3, -0.25) is 4.79 Å². The third-order valence-corrected chi connectivity index (χ3v) is 4.76. The number of aromatic nitrogens is 2. The monoisotopic (exact) mass is 383 g/mol. The molecular weight excluding hydrogens is 358 g/mol. The first-order chi connectivity index (χ1) is 13.5. The molecule has 1 amide bonds. The van der Waals surface area contributed by atoms with E-state index >= 15 is 0 Å². The quantitative estimate of drug-likeness (QED) is 0.679. The summed E-state index contributed by atoms with van der Waals surface area (Å²) in [6.07, 6.45) is 1.70. The molecule has 0 aliphatic carbocycles. The summed E-state index contributed by atoms with van der Waals surface area (Å²) in [4.78, 5) is 16.9. The minimum atomic E-state index is -0.105. The van der Waals surface area contributed by atoms with Gasteiger partial charge in [0.15, 0.2) is 11.5 Å². The number of imidazole rings is 1. The summed E-state index contributed by atoms with van der Waals surface area (Å²) in [6, 6.07) is 7.74. The zero-order valence-corrected chi connectivity index (χ0v) is 16.8. The lowest BCUT2D eigenvalue weighted by atomic mass is 10.1. The maximum Gasteiger partial charge on any atom is 0.240 e. The van der Waals surface area contributed by atoms with Crippen molar-refractivity contribution in [1.29, 1.82) is 0 Å². The first-order valence-corrected chi connectivity index (χ1v) is 8.94. The van der Waals surface area contributed by atoms with Crippen LogP contribution >= 0.6 is 0 Å². The molecule has 7 heteroatoms. The normalized spacial score (nSPS) is 10.8. The van der Waals surface area contributed by atoms with Crippen molar-refractivity contribution < 1.29 is 19.0 Å². The summed E-state index contributed by atoms with van der Waals surface area (Å²) in [5.41, 5.74) is 5.05. The fraction of sp³-hybridized carbons (Fsp3) is 0.333. The largest absolute Gasteiger partial charge is 0.493 e. The zero-order chi connectivity index (χ0) is 20.3. The molecule has 0 saturated heterocycles. The van der Waals surface area contributed by atoms with E-state index in [1.54, 1.807) is 27.7 Å². The molecule has 1 N–H and O–H groups in total. The molecular formula is C21H25N3O4. The minimum absolute atomic E-state index is 0.105. The molecule has 0 atom stereocenters. The number of nitrogens with one attached hydrogen (secondary N) is 1. The van der Waals surface area contributed by atoms with Gasteiger partial charge in [-0.05, 0) is 54.8 Å². The van der Waals surface area contributed by atoms with E-state index in [9.17, 15) is 4.79 Å². The molecule has 28 heavy (non-hydrogen) atoms. The maximum absolute atomic E-state index is 12.5. The summed E-state index contributed by atoms with van der Waals surface area (Å²) in [7, 11) is 4.68. The van der Waals surface area contributed by atoms with Crippen molar-refractivity contribution in [1.82, 2.24) is 14.9 Å². The van der Waals surface area contributed by atoms with E-state index in [0.29, 0.717) is 23.8 Å². The van der Waals surface area contributed by atoms with E-state index in [2.05, 4.69) is 30.2 Å². The van der Waals surface area contributed by atoms with Crippen LogP contribution in [0, 0.1) is 13.8 Å². The SMILES string of the molecule is COc1cc(CNC(=O)Cn2cnc3cc(C)c(C)cc32)cc(OC)c1OC. The average molecular weight is 383 g/mol. The number of aryl methyl sites for hydroxylation is 2. The van der Waals surface area contributed by atoms with Crippen LogP contribution in [-0.4, -0.2) is 36.8 Å². The van der Waals surface area contributed by atoms with Gasteiger partial charge in [-0.25, -0.2) is 4.98 Å². The van der Waals surface area contributed by atoms with Crippen molar-refractivity contribution in [3.05, 3.63) is 47.3 Å². The number of ether oxygens (including phenoxy) is 3. The molecule has 148 valence electrons. The van der Waals surface area contributed by atoms with Crippen LogP contribution in [-0.2, 0) is 17.9 Å². The van der Waals surface area contributed by atoms with Crippen LogP contribution in [0.3, 0.4) is 0 Å². The van der Waals surface area contributed by atoms with Crippen molar-refractivity contribution in [3.8, 4) is 17.2 Å². The van der Waals surface area contributed by atoms with E-state index in [4.69, 9.17) is 14.2 Å². The molecule has 0 bridgehead atoms. The topological polar surface area (TPSA) is 74.6 Å². The van der Waals surface area contributed by atoms with Gasteiger partial charge in [0.1, 0.15) is 6.54 Å². The molecule has 2 aromatic carbocycles. The predicted octanol–water partition coefficient (Wildman–Crippen LogP) is 3.00. The fourth-order valence-corrected chi connectivity index (χ4v) is 3.09. The van der Waals surface area contributed by atoms with Crippen LogP contribution in [0.4, 0.5) is 0 Å². The molecule has 1 aromatic heterocycles. The number of benzene rings is 2. The average Bonchev–Trinajstić information content (AvgIpc) is 3.07. The van der Waals surface area contributed by atoms with Gasteiger partial charge in [-0.2, -0.15) is 0 Å². The highest BCUT2D eigenvalue weighted by atomic mass is 16.5. The Bertz CT molecular complexity index is 985. The van der Waals surface area contributed by atoms with Gasteiger partial charge in [0.2, 0.25) is 11.7 Å². The number of carbonyl (C=O) groups is 1. The predicted molar refractivity (Wildman–Crippen MR) is 107 cm³/mol. The Balaban J connectivity index is 1.72. The molecule has 0 aliphatic heterocycles. The number of amides is 1. The van der Waals surface area contributed by atoms with E-state index in [1.165, 1.54) is 11.1 Å². The van der Waals surface area contributed by atoms with Gasteiger partial charge in [0, 0.05) is 6.54 Å². The first kappa shape index (κ1) is 19.5. The molecule has 3 aromatic rings. The third kappa shape index (κ3) is 3.88. The minimum Gasteiger partial charge on any atom is -0.493 e. The first-order valence-electron chi connectivity index (χ1n) is 8.94. The molecule has 0 radical (unpaired) electrons. The lowest BCUT2D eigenvalue weighted by molar-refractivity contribution is -0.121. The number of hydrogen-bond donors (Lipinski definition) is 1. The second kappa shape index (κ2) is 8.21. The molecule has 0 fully saturated rings. The lowest BCUT2D eigenvalue weighted by Gasteiger charge is -2.14. The van der Waals surface area contributed by atoms with Gasteiger partial charge in [0.25, 0.3) is 0 Å². The standard InChI is InChI=1S/C21H25N3O4/c1-13-6-16-17(7-14(13)2)24(12-23-16)11-20(25)22-10-15-8-18(26-3)21(28-5)19(9-15)27-4/h6-9,12H,10-11H2,1-5H3,(H,22,25). The van der Waals surface area contributed by atoms with Crippen molar-refractivity contribution >= 4 is 16.9 Å². The maximum atomic E-state index is 12.5. The van der Waals surface area contributed by atoms with E-state index < -0.39 is 0 Å². The van der Waals surface area contributed by atoms with Crippen LogP contribution in [0.1, 0.15) is 16.7 Å². The molecule has 0 unspecified atom stereocenters. The molecule has 0 saturated carbocycles. The van der Waals surface area contributed by atoms with Gasteiger partial charge < -0.3 is 24.1 Å². The number of rotatable bonds is 7. The Kier molecular flexibility index (Phi) is 5.73. The smallest absolute Gasteiger partial charge is 0.240 e. The highest BCUT2D eigenvalue weighted by molar-refractivity contribution is 5.81. The number of fused-ring (bicyclic) bond motifs is 1. The van der Waals surface area contributed by atoms with E-state index in [1.807, 2.05) is 22.8 Å². The molecule has 1 heterocycles. The fourth-order valence-electron chi connectivity index (χ4n) is 3.09. The second-order valence-electron chi connectivity index (χ2n) is 6.61. The van der Waals surface area contributed by atoms with Gasteiger partial charge in [-0.15, -0.1) is 0 Å². The Morgan fingerprint density at radius 2 is 1.64 bits per heavy atom. The Hall–Kier alpha value is -3.22. The highest BCUT2D eigenvalue weighted by Gasteiger charge is 2.14. The summed E-state index contributed by atoms with van der Waals surface area (Å²) in [6.45, 7) is 4.65. The summed E-state index contributed by atoms with van der Waals surface area (Å²) in [5.74, 6) is 1.53. The summed E-state index contributed by atoms with van der Waals surface area (Å²) < 4.78 is 17.9. The number of carbonyl (C=O) groups excluding carboxylic acids is 1. The van der Waals surface area contributed by atoms with Crippen molar-refractivity contribution in [3.63, 3.8) is 0 Å². The molecule has 3 rings (SSSR count). The lowest BCUT2D eigenvalue weighted by Crippen LogP contribution is -2.26. The van der Waals surface area contributed by atoms with Crippen LogP contribution in [0.15, 0.2) is 30.6 Å². The van der Waals surface area contributed by atoms with Crippen LogP contribution in [0.5, 0.6) is 17.2 Å².